The van der Waals surface area contributed by atoms with E-state index in [2.05, 4.69) is 41.7 Å². The van der Waals surface area contributed by atoms with Crippen LogP contribution in [0.4, 0.5) is 5.82 Å². The van der Waals surface area contributed by atoms with Crippen LogP contribution in [0.5, 0.6) is 0 Å². The number of nitrogens with zero attached hydrogens (tertiary/aromatic N) is 5. The first-order valence-electron chi connectivity index (χ1n) is 9.93. The SMILES string of the molecule is CN=C(NCc1nc(-c2ccc(Cl)cc2)no1)NC1CCN(c2ccccn2)CC1.I. The van der Waals surface area contributed by atoms with Gasteiger partial charge in [0.1, 0.15) is 5.82 Å². The van der Waals surface area contributed by atoms with Crippen molar-refractivity contribution in [3.05, 3.63) is 59.6 Å². The molecule has 0 bridgehead atoms. The second-order valence-corrected chi connectivity index (χ2v) is 7.47. The van der Waals surface area contributed by atoms with Crippen molar-refractivity contribution >= 4 is 47.4 Å². The van der Waals surface area contributed by atoms with Crippen LogP contribution in [-0.2, 0) is 6.54 Å². The quantitative estimate of drug-likeness (QED) is 0.283. The third kappa shape index (κ3) is 6.30. The first kappa shape index (κ1) is 23.3. The zero-order valence-electron chi connectivity index (χ0n) is 17.2. The van der Waals surface area contributed by atoms with Crippen LogP contribution in [0.15, 0.2) is 58.2 Å². The van der Waals surface area contributed by atoms with Gasteiger partial charge < -0.3 is 20.1 Å². The van der Waals surface area contributed by atoms with Gasteiger partial charge in [0, 0.05) is 43.0 Å². The molecule has 1 saturated heterocycles. The Kier molecular flexibility index (Phi) is 8.47. The molecule has 1 aliphatic heterocycles. The van der Waals surface area contributed by atoms with Crippen molar-refractivity contribution in [2.45, 2.75) is 25.4 Å². The predicted octanol–water partition coefficient (Wildman–Crippen LogP) is 3.74. The highest BCUT2D eigenvalue weighted by atomic mass is 127. The molecule has 3 heterocycles. The predicted molar refractivity (Wildman–Crippen MR) is 133 cm³/mol. The lowest BCUT2D eigenvalue weighted by atomic mass is 10.1. The van der Waals surface area contributed by atoms with Crippen LogP contribution in [0.25, 0.3) is 11.4 Å². The number of hydrogen-bond donors (Lipinski definition) is 2. The first-order valence-corrected chi connectivity index (χ1v) is 10.3. The molecule has 164 valence electrons. The van der Waals surface area contributed by atoms with E-state index in [4.69, 9.17) is 16.1 Å². The third-order valence-corrected chi connectivity index (χ3v) is 5.26. The molecule has 0 atom stereocenters. The molecule has 1 aliphatic rings. The highest BCUT2D eigenvalue weighted by Gasteiger charge is 2.21. The van der Waals surface area contributed by atoms with Gasteiger partial charge in [0.25, 0.3) is 0 Å². The summed E-state index contributed by atoms with van der Waals surface area (Å²) < 4.78 is 5.34. The van der Waals surface area contributed by atoms with Crippen molar-refractivity contribution in [3.63, 3.8) is 0 Å². The van der Waals surface area contributed by atoms with Crippen LogP contribution < -0.4 is 15.5 Å². The maximum atomic E-state index is 5.92. The fourth-order valence-corrected chi connectivity index (χ4v) is 3.51. The van der Waals surface area contributed by atoms with E-state index in [-0.39, 0.29) is 24.0 Å². The van der Waals surface area contributed by atoms with E-state index < -0.39 is 0 Å². The molecule has 8 nitrogen and oxygen atoms in total. The Bertz CT molecular complexity index is 973. The van der Waals surface area contributed by atoms with Crippen LogP contribution in [0.1, 0.15) is 18.7 Å². The minimum Gasteiger partial charge on any atom is -0.356 e. The van der Waals surface area contributed by atoms with E-state index in [1.807, 2.05) is 30.5 Å². The molecule has 0 spiro atoms. The van der Waals surface area contributed by atoms with Crippen molar-refractivity contribution < 1.29 is 4.52 Å². The molecule has 3 aromatic rings. The summed E-state index contributed by atoms with van der Waals surface area (Å²) in [5.41, 5.74) is 0.858. The number of benzene rings is 1. The van der Waals surface area contributed by atoms with Gasteiger partial charge in [-0.15, -0.1) is 24.0 Å². The lowest BCUT2D eigenvalue weighted by Crippen LogP contribution is -2.48. The van der Waals surface area contributed by atoms with Crippen LogP contribution in [0.3, 0.4) is 0 Å². The minimum atomic E-state index is 0. The number of piperidine rings is 1. The number of nitrogens with one attached hydrogen (secondary N) is 2. The maximum absolute atomic E-state index is 5.92. The van der Waals surface area contributed by atoms with Gasteiger partial charge in [-0.05, 0) is 49.2 Å². The highest BCUT2D eigenvalue weighted by molar-refractivity contribution is 14.0. The monoisotopic (exact) mass is 553 g/mol. The van der Waals surface area contributed by atoms with Crippen LogP contribution in [0, 0.1) is 0 Å². The Hall–Kier alpha value is -2.40. The van der Waals surface area contributed by atoms with Crippen molar-refractivity contribution in [1.29, 1.82) is 0 Å². The van der Waals surface area contributed by atoms with Gasteiger partial charge in [0.2, 0.25) is 11.7 Å². The smallest absolute Gasteiger partial charge is 0.246 e. The number of rotatable bonds is 5. The number of hydrogen-bond acceptors (Lipinski definition) is 6. The number of anilines is 1. The molecular weight excluding hydrogens is 529 g/mol. The number of pyridine rings is 1. The van der Waals surface area contributed by atoms with Gasteiger partial charge in [-0.3, -0.25) is 4.99 Å². The lowest BCUT2D eigenvalue weighted by Gasteiger charge is -2.33. The fraction of sp³-hybridized carbons (Fsp3) is 0.333. The topological polar surface area (TPSA) is 91.5 Å². The van der Waals surface area contributed by atoms with Crippen molar-refractivity contribution in [3.8, 4) is 11.4 Å². The summed E-state index contributed by atoms with van der Waals surface area (Å²) in [5, 5.41) is 11.4. The molecule has 31 heavy (non-hydrogen) atoms. The van der Waals surface area contributed by atoms with Gasteiger partial charge in [0.15, 0.2) is 5.96 Å². The molecule has 2 N–H and O–H groups in total. The van der Waals surface area contributed by atoms with Gasteiger partial charge in [-0.2, -0.15) is 4.98 Å². The largest absolute Gasteiger partial charge is 0.356 e. The Morgan fingerprint density at radius 2 is 1.97 bits per heavy atom. The van der Waals surface area contributed by atoms with E-state index in [0.29, 0.717) is 29.3 Å². The summed E-state index contributed by atoms with van der Waals surface area (Å²) in [5.74, 6) is 2.78. The number of halogens is 2. The van der Waals surface area contributed by atoms with Crippen LogP contribution in [-0.4, -0.2) is 47.3 Å². The number of guanidine groups is 1. The van der Waals surface area contributed by atoms with Crippen LogP contribution >= 0.6 is 35.6 Å². The Balaban J connectivity index is 0.00000272. The zero-order chi connectivity index (χ0) is 20.8. The van der Waals surface area contributed by atoms with Gasteiger partial charge in [-0.25, -0.2) is 4.98 Å². The Labute approximate surface area is 203 Å². The van der Waals surface area contributed by atoms with Gasteiger partial charge >= 0.3 is 0 Å². The molecule has 1 aromatic carbocycles. The van der Waals surface area contributed by atoms with Crippen molar-refractivity contribution in [1.82, 2.24) is 25.8 Å². The van der Waals surface area contributed by atoms with Crippen LogP contribution in [0.2, 0.25) is 5.02 Å². The second kappa shape index (κ2) is 11.3. The molecule has 0 radical (unpaired) electrons. The molecule has 1 fully saturated rings. The van der Waals surface area contributed by atoms with Gasteiger partial charge in [0.05, 0.1) is 6.54 Å². The maximum Gasteiger partial charge on any atom is 0.246 e. The normalized spacial score (nSPS) is 14.8. The molecule has 0 amide bonds. The fourth-order valence-electron chi connectivity index (χ4n) is 3.38. The summed E-state index contributed by atoms with van der Waals surface area (Å²) in [6.45, 7) is 2.31. The lowest BCUT2D eigenvalue weighted by molar-refractivity contribution is 0.374. The molecule has 10 heteroatoms. The standard InChI is InChI=1S/C21H24ClN7O.HI/c1-23-21(26-17-9-12-29(13-10-17)18-4-2-3-11-24-18)25-14-19-27-20(28-30-19)15-5-7-16(22)8-6-15;/h2-8,11,17H,9-10,12-14H2,1H3,(H2,23,25,26);1H. The number of aliphatic imine (C=N–C) groups is 1. The molecule has 4 rings (SSSR count). The molecule has 0 aliphatic carbocycles. The Morgan fingerprint density at radius 1 is 1.19 bits per heavy atom. The summed E-state index contributed by atoms with van der Waals surface area (Å²) >= 11 is 5.92. The third-order valence-electron chi connectivity index (χ3n) is 5.01. The van der Waals surface area contributed by atoms with Gasteiger partial charge in [-0.1, -0.05) is 22.8 Å². The van der Waals surface area contributed by atoms with E-state index in [1.165, 1.54) is 0 Å². The number of aromatic nitrogens is 3. The van der Waals surface area contributed by atoms with E-state index in [9.17, 15) is 0 Å². The molecule has 0 saturated carbocycles. The first-order chi connectivity index (χ1) is 14.7. The summed E-state index contributed by atoms with van der Waals surface area (Å²) in [6.07, 6.45) is 3.86. The van der Waals surface area contributed by atoms with E-state index >= 15 is 0 Å². The van der Waals surface area contributed by atoms with Crippen molar-refractivity contribution in [2.24, 2.45) is 4.99 Å². The molecular formula is C21H25ClIN7O. The average Bonchev–Trinajstić information content (AvgIpc) is 3.27. The second-order valence-electron chi connectivity index (χ2n) is 7.04. The summed E-state index contributed by atoms with van der Waals surface area (Å²) in [6, 6.07) is 13.7. The zero-order valence-corrected chi connectivity index (χ0v) is 20.2. The van der Waals surface area contributed by atoms with Crippen molar-refractivity contribution in [2.75, 3.05) is 25.0 Å². The summed E-state index contributed by atoms with van der Waals surface area (Å²) in [4.78, 5) is 15.5. The molecule has 2 aromatic heterocycles. The van der Waals surface area contributed by atoms with E-state index in [0.717, 1.165) is 43.3 Å². The van der Waals surface area contributed by atoms with E-state index in [1.54, 1.807) is 19.2 Å². The highest BCUT2D eigenvalue weighted by Crippen LogP contribution is 2.19. The summed E-state index contributed by atoms with van der Waals surface area (Å²) in [7, 11) is 1.76. The molecule has 0 unspecified atom stereocenters. The Morgan fingerprint density at radius 3 is 2.65 bits per heavy atom. The minimum absolute atomic E-state index is 0. The average molecular weight is 554 g/mol.